The van der Waals surface area contributed by atoms with Gasteiger partial charge in [0.1, 0.15) is 11.6 Å². The summed E-state index contributed by atoms with van der Waals surface area (Å²) >= 11 is 5.90. The molecule has 2 aromatic carbocycles. The molecule has 3 aromatic rings. The molecule has 30 heavy (non-hydrogen) atoms. The number of nitrogens with one attached hydrogen (secondary N) is 1. The second-order valence-corrected chi connectivity index (χ2v) is 7.65. The molecule has 1 heterocycles. The monoisotopic (exact) mass is 427 g/mol. The SMILES string of the molecule is CCOc1cc2nc(C(=S)c3c(N(C)C)cc(C)c(OC)c3C)[nH]c2cc1OCC. The lowest BCUT2D eigenvalue weighted by atomic mass is 9.98. The average molecular weight is 428 g/mol. The maximum Gasteiger partial charge on any atom is 0.163 e. The van der Waals surface area contributed by atoms with E-state index in [0.717, 1.165) is 39.2 Å². The zero-order valence-corrected chi connectivity index (χ0v) is 19.5. The quantitative estimate of drug-likeness (QED) is 0.411. The van der Waals surface area contributed by atoms with E-state index < -0.39 is 0 Å². The summed E-state index contributed by atoms with van der Waals surface area (Å²) in [6.07, 6.45) is 0. The van der Waals surface area contributed by atoms with Crippen molar-refractivity contribution in [3.63, 3.8) is 0 Å². The minimum absolute atomic E-state index is 0.551. The molecular formula is C23H29N3O3S. The summed E-state index contributed by atoms with van der Waals surface area (Å²) in [7, 11) is 5.70. The van der Waals surface area contributed by atoms with Gasteiger partial charge in [0, 0.05) is 43.0 Å². The van der Waals surface area contributed by atoms with E-state index in [1.807, 2.05) is 53.9 Å². The number of methoxy groups -OCH3 is 1. The second-order valence-electron chi connectivity index (χ2n) is 7.24. The smallest absolute Gasteiger partial charge is 0.163 e. The third-order valence-electron chi connectivity index (χ3n) is 4.96. The number of aromatic nitrogens is 2. The number of aryl methyl sites for hydroxylation is 1. The molecule has 0 aliphatic rings. The van der Waals surface area contributed by atoms with Crippen molar-refractivity contribution >= 4 is 33.8 Å². The number of benzene rings is 2. The predicted molar refractivity (Wildman–Crippen MR) is 126 cm³/mol. The van der Waals surface area contributed by atoms with Crippen molar-refractivity contribution in [2.75, 3.05) is 39.3 Å². The van der Waals surface area contributed by atoms with Gasteiger partial charge in [-0.2, -0.15) is 0 Å². The number of thiocarbonyl (C=S) groups is 1. The number of nitrogens with zero attached hydrogens (tertiary/aromatic N) is 2. The van der Waals surface area contributed by atoms with E-state index in [1.54, 1.807) is 7.11 Å². The van der Waals surface area contributed by atoms with Crippen LogP contribution in [0.2, 0.25) is 0 Å². The molecule has 0 aliphatic heterocycles. The number of hydrogen-bond acceptors (Lipinski definition) is 6. The predicted octanol–water partition coefficient (Wildman–Crippen LogP) is 4.82. The van der Waals surface area contributed by atoms with Crippen molar-refractivity contribution in [1.29, 1.82) is 0 Å². The van der Waals surface area contributed by atoms with Gasteiger partial charge in [0.2, 0.25) is 0 Å². The van der Waals surface area contributed by atoms with E-state index in [1.165, 1.54) is 0 Å². The molecule has 0 aliphatic carbocycles. The third kappa shape index (κ3) is 3.94. The molecule has 0 spiro atoms. The topological polar surface area (TPSA) is 59.6 Å². The summed E-state index contributed by atoms with van der Waals surface area (Å²) in [5.41, 5.74) is 5.66. The molecular weight excluding hydrogens is 398 g/mol. The minimum atomic E-state index is 0.551. The highest BCUT2D eigenvalue weighted by Crippen LogP contribution is 2.36. The molecule has 0 saturated heterocycles. The Morgan fingerprint density at radius 3 is 2.27 bits per heavy atom. The highest BCUT2D eigenvalue weighted by atomic mass is 32.1. The Hall–Kier alpha value is -2.80. The van der Waals surface area contributed by atoms with Gasteiger partial charge in [-0.3, -0.25) is 0 Å². The Labute approximate surface area is 183 Å². The van der Waals surface area contributed by atoms with E-state index in [2.05, 4.69) is 16.0 Å². The standard InChI is InChI=1S/C23H29N3O3S/c1-8-28-18-11-15-16(12-19(18)29-9-2)25-23(24-15)22(30)20-14(4)21(27-7)13(3)10-17(20)26(5)6/h10-12H,8-9H2,1-7H3,(H,24,25). The molecule has 0 fully saturated rings. The molecule has 6 nitrogen and oxygen atoms in total. The van der Waals surface area contributed by atoms with Crippen LogP contribution in [0.5, 0.6) is 17.2 Å². The molecule has 0 amide bonds. The first-order chi connectivity index (χ1) is 14.3. The van der Waals surface area contributed by atoms with Crippen molar-refractivity contribution in [2.24, 2.45) is 0 Å². The van der Waals surface area contributed by atoms with Crippen molar-refractivity contribution < 1.29 is 14.2 Å². The van der Waals surface area contributed by atoms with Gasteiger partial charge >= 0.3 is 0 Å². The normalized spacial score (nSPS) is 10.9. The fourth-order valence-corrected chi connectivity index (χ4v) is 4.03. The van der Waals surface area contributed by atoms with Gasteiger partial charge < -0.3 is 24.1 Å². The van der Waals surface area contributed by atoms with Crippen LogP contribution in [0.3, 0.4) is 0 Å². The van der Waals surface area contributed by atoms with Gasteiger partial charge in [0.05, 0.1) is 36.2 Å². The second kappa shape index (κ2) is 8.92. The number of H-pyrrole nitrogens is 1. The lowest BCUT2D eigenvalue weighted by Gasteiger charge is -2.22. The van der Waals surface area contributed by atoms with E-state index in [0.29, 0.717) is 35.4 Å². The number of fused-ring (bicyclic) bond motifs is 1. The van der Waals surface area contributed by atoms with E-state index in [-0.39, 0.29) is 0 Å². The van der Waals surface area contributed by atoms with Gasteiger partial charge in [-0.05, 0) is 39.3 Å². The molecule has 1 aromatic heterocycles. The van der Waals surface area contributed by atoms with Crippen molar-refractivity contribution in [3.05, 3.63) is 40.7 Å². The number of anilines is 1. The summed E-state index contributed by atoms with van der Waals surface area (Å²) in [5.74, 6) is 2.84. The summed E-state index contributed by atoms with van der Waals surface area (Å²) in [6.45, 7) is 9.07. The lowest BCUT2D eigenvalue weighted by molar-refractivity contribution is 0.288. The molecule has 0 radical (unpaired) electrons. The number of hydrogen-bond donors (Lipinski definition) is 1. The molecule has 1 N–H and O–H groups in total. The Morgan fingerprint density at radius 2 is 1.70 bits per heavy atom. The average Bonchev–Trinajstić information content (AvgIpc) is 3.11. The summed E-state index contributed by atoms with van der Waals surface area (Å²) in [4.78, 5) is 10.8. The third-order valence-corrected chi connectivity index (χ3v) is 5.36. The lowest BCUT2D eigenvalue weighted by Crippen LogP contribution is -2.17. The first-order valence-corrected chi connectivity index (χ1v) is 10.4. The first kappa shape index (κ1) is 21.9. The van der Waals surface area contributed by atoms with Gasteiger partial charge in [-0.25, -0.2) is 4.98 Å². The van der Waals surface area contributed by atoms with Gasteiger partial charge in [-0.15, -0.1) is 0 Å². The molecule has 0 atom stereocenters. The van der Waals surface area contributed by atoms with Crippen molar-refractivity contribution in [1.82, 2.24) is 9.97 Å². The number of imidazole rings is 1. The highest BCUT2D eigenvalue weighted by molar-refractivity contribution is 7.81. The van der Waals surface area contributed by atoms with E-state index in [4.69, 9.17) is 31.4 Å². The molecule has 0 saturated carbocycles. The number of rotatable bonds is 8. The van der Waals surface area contributed by atoms with Gasteiger partial charge in [-0.1, -0.05) is 12.2 Å². The fourth-order valence-electron chi connectivity index (χ4n) is 3.68. The number of ether oxygens (including phenoxy) is 3. The zero-order valence-electron chi connectivity index (χ0n) is 18.7. The van der Waals surface area contributed by atoms with Crippen LogP contribution in [0.15, 0.2) is 18.2 Å². The molecule has 0 unspecified atom stereocenters. The van der Waals surface area contributed by atoms with E-state index >= 15 is 0 Å². The van der Waals surface area contributed by atoms with Crippen LogP contribution in [0.4, 0.5) is 5.69 Å². The summed E-state index contributed by atoms with van der Waals surface area (Å²) in [5, 5.41) is 0. The Morgan fingerprint density at radius 1 is 1.07 bits per heavy atom. The fraction of sp³-hybridized carbons (Fsp3) is 0.391. The molecule has 7 heteroatoms. The van der Waals surface area contributed by atoms with Crippen LogP contribution in [-0.2, 0) is 0 Å². The van der Waals surface area contributed by atoms with Crippen molar-refractivity contribution in [3.8, 4) is 17.2 Å². The highest BCUT2D eigenvalue weighted by Gasteiger charge is 2.22. The van der Waals surface area contributed by atoms with Crippen LogP contribution < -0.4 is 19.1 Å². The summed E-state index contributed by atoms with van der Waals surface area (Å²) in [6, 6.07) is 5.90. The van der Waals surface area contributed by atoms with Crippen LogP contribution >= 0.6 is 12.2 Å². The van der Waals surface area contributed by atoms with Crippen LogP contribution in [0.1, 0.15) is 36.4 Å². The zero-order chi connectivity index (χ0) is 22.0. The maximum atomic E-state index is 5.90. The minimum Gasteiger partial charge on any atom is -0.496 e. The van der Waals surface area contributed by atoms with Gasteiger partial charge in [0.15, 0.2) is 11.5 Å². The first-order valence-electron chi connectivity index (χ1n) is 10.0. The van der Waals surface area contributed by atoms with Crippen LogP contribution in [0.25, 0.3) is 11.0 Å². The van der Waals surface area contributed by atoms with Crippen molar-refractivity contribution in [2.45, 2.75) is 27.7 Å². The molecule has 160 valence electrons. The van der Waals surface area contributed by atoms with Gasteiger partial charge in [0.25, 0.3) is 0 Å². The van der Waals surface area contributed by atoms with E-state index in [9.17, 15) is 0 Å². The number of aromatic amines is 1. The maximum absolute atomic E-state index is 5.90. The molecule has 0 bridgehead atoms. The Kier molecular flexibility index (Phi) is 6.51. The largest absolute Gasteiger partial charge is 0.496 e. The Bertz CT molecular complexity index is 1050. The Balaban J connectivity index is 2.15. The molecule has 3 rings (SSSR count). The van der Waals surface area contributed by atoms with Crippen LogP contribution in [0, 0.1) is 13.8 Å². The van der Waals surface area contributed by atoms with Crippen LogP contribution in [-0.4, -0.2) is 49.3 Å². The summed E-state index contributed by atoms with van der Waals surface area (Å²) < 4.78 is 17.1.